The van der Waals surface area contributed by atoms with Crippen molar-refractivity contribution >= 4 is 45.1 Å². The highest BCUT2D eigenvalue weighted by Gasteiger charge is 2.28. The number of Topliss-reactive ketones (excluding diaryl/α,β-unsaturated/α-hetero) is 1. The second-order valence-corrected chi connectivity index (χ2v) is 7.38. The number of thiophene rings is 1. The second kappa shape index (κ2) is 6.90. The van der Waals surface area contributed by atoms with Gasteiger partial charge < -0.3 is 9.47 Å². The molecule has 128 valence electrons. The van der Waals surface area contributed by atoms with E-state index in [1.54, 1.807) is 41.8 Å². The molecule has 0 saturated carbocycles. The van der Waals surface area contributed by atoms with Gasteiger partial charge in [0.2, 0.25) is 5.78 Å². The topological polar surface area (TPSA) is 52.6 Å². The van der Waals surface area contributed by atoms with Gasteiger partial charge in [0.05, 0.1) is 5.56 Å². The molecule has 0 saturated heterocycles. The van der Waals surface area contributed by atoms with Gasteiger partial charge in [0, 0.05) is 10.5 Å². The van der Waals surface area contributed by atoms with Crippen molar-refractivity contribution in [3.8, 4) is 11.5 Å². The van der Waals surface area contributed by atoms with Gasteiger partial charge in [-0.15, -0.1) is 11.3 Å². The minimum absolute atomic E-state index is 0.198. The Morgan fingerprint density at radius 3 is 2.77 bits per heavy atom. The van der Waals surface area contributed by atoms with E-state index in [0.717, 1.165) is 10.0 Å². The van der Waals surface area contributed by atoms with E-state index in [4.69, 9.17) is 9.47 Å². The van der Waals surface area contributed by atoms with E-state index in [-0.39, 0.29) is 11.5 Å². The highest BCUT2D eigenvalue weighted by molar-refractivity contribution is 9.10. The van der Waals surface area contributed by atoms with Gasteiger partial charge in [-0.2, -0.15) is 0 Å². The van der Waals surface area contributed by atoms with Crippen molar-refractivity contribution < 1.29 is 19.1 Å². The summed E-state index contributed by atoms with van der Waals surface area (Å²) in [6.07, 6.45) is 1.68. The molecule has 0 N–H and O–H groups in total. The molecule has 0 atom stereocenters. The van der Waals surface area contributed by atoms with E-state index >= 15 is 0 Å². The van der Waals surface area contributed by atoms with Gasteiger partial charge in [-0.05, 0) is 47.4 Å². The highest BCUT2D eigenvalue weighted by atomic mass is 79.9. The molecule has 0 bridgehead atoms. The second-order valence-electron chi connectivity index (χ2n) is 5.52. The molecule has 0 radical (unpaired) electrons. The number of allylic oxidation sites excluding steroid dienone is 1. The van der Waals surface area contributed by atoms with Crippen molar-refractivity contribution in [3.05, 3.63) is 86.2 Å². The van der Waals surface area contributed by atoms with Crippen LogP contribution < -0.4 is 9.47 Å². The Hall–Kier alpha value is -2.70. The normalized spacial score (nSPS) is 14.2. The fraction of sp³-hybridized carbons (Fsp3) is 0. The molecule has 26 heavy (non-hydrogen) atoms. The van der Waals surface area contributed by atoms with Gasteiger partial charge in [-0.3, -0.25) is 4.79 Å². The largest absolute Gasteiger partial charge is 0.452 e. The molecule has 0 unspecified atom stereocenters. The zero-order valence-electron chi connectivity index (χ0n) is 13.3. The smallest absolute Gasteiger partial charge is 0.353 e. The summed E-state index contributed by atoms with van der Waals surface area (Å²) in [5.41, 5.74) is 1.29. The lowest BCUT2D eigenvalue weighted by Crippen LogP contribution is -2.06. The summed E-state index contributed by atoms with van der Waals surface area (Å²) in [5.74, 6) is 0.316. The molecule has 4 nitrogen and oxygen atoms in total. The molecule has 6 heteroatoms. The molecule has 2 aromatic carbocycles. The Bertz CT molecular complexity index is 1040. The number of ether oxygens (including phenoxy) is 2. The molecule has 0 aliphatic carbocycles. The summed E-state index contributed by atoms with van der Waals surface area (Å²) in [7, 11) is 0. The number of esters is 1. The minimum atomic E-state index is -0.436. The van der Waals surface area contributed by atoms with Crippen molar-refractivity contribution in [2.75, 3.05) is 0 Å². The third-order valence-electron chi connectivity index (χ3n) is 3.72. The van der Waals surface area contributed by atoms with Crippen LogP contribution in [0.4, 0.5) is 0 Å². The molecular formula is C20H11BrO4S. The van der Waals surface area contributed by atoms with E-state index in [1.807, 2.05) is 24.3 Å². The van der Waals surface area contributed by atoms with Crippen molar-refractivity contribution in [3.63, 3.8) is 0 Å². The van der Waals surface area contributed by atoms with Gasteiger partial charge in [-0.1, -0.05) is 34.1 Å². The van der Waals surface area contributed by atoms with Gasteiger partial charge in [-0.25, -0.2) is 4.79 Å². The molecule has 1 aromatic heterocycles. The van der Waals surface area contributed by atoms with E-state index in [0.29, 0.717) is 21.9 Å². The van der Waals surface area contributed by atoms with Crippen LogP contribution in [-0.4, -0.2) is 11.8 Å². The zero-order valence-corrected chi connectivity index (χ0v) is 15.7. The number of rotatable bonds is 3. The highest BCUT2D eigenvalue weighted by Crippen LogP contribution is 2.35. The molecule has 2 heterocycles. The van der Waals surface area contributed by atoms with Crippen LogP contribution in [0.1, 0.15) is 25.6 Å². The van der Waals surface area contributed by atoms with Crippen LogP contribution in [0.3, 0.4) is 0 Å². The van der Waals surface area contributed by atoms with Crippen LogP contribution in [0.15, 0.2) is 70.2 Å². The first-order chi connectivity index (χ1) is 12.6. The lowest BCUT2D eigenvalue weighted by Gasteiger charge is -2.04. The maximum absolute atomic E-state index is 12.5. The first-order valence-corrected chi connectivity index (χ1v) is 9.37. The van der Waals surface area contributed by atoms with Crippen LogP contribution in [0.25, 0.3) is 6.08 Å². The van der Waals surface area contributed by atoms with Crippen LogP contribution >= 0.6 is 27.3 Å². The van der Waals surface area contributed by atoms with Crippen LogP contribution in [0.5, 0.6) is 11.5 Å². The van der Waals surface area contributed by atoms with E-state index in [1.165, 1.54) is 11.3 Å². The fourth-order valence-corrected chi connectivity index (χ4v) is 3.55. The van der Waals surface area contributed by atoms with E-state index < -0.39 is 5.97 Å². The Morgan fingerprint density at radius 2 is 2.00 bits per heavy atom. The predicted molar refractivity (Wildman–Crippen MR) is 103 cm³/mol. The summed E-state index contributed by atoms with van der Waals surface area (Å²) < 4.78 is 11.9. The van der Waals surface area contributed by atoms with Crippen molar-refractivity contribution in [2.24, 2.45) is 0 Å². The number of fused-ring (bicyclic) bond motifs is 1. The third-order valence-corrected chi connectivity index (χ3v) is 5.06. The SMILES string of the molecule is O=C(Oc1ccc2c(c1)O/C(=C\c1cccc(Br)c1)C2=O)c1cccs1. The third kappa shape index (κ3) is 3.34. The number of hydrogen-bond donors (Lipinski definition) is 0. The molecule has 0 amide bonds. The van der Waals surface area contributed by atoms with Gasteiger partial charge in [0.15, 0.2) is 5.76 Å². The summed E-state index contributed by atoms with van der Waals surface area (Å²) in [6, 6.07) is 15.8. The first-order valence-electron chi connectivity index (χ1n) is 7.70. The Balaban J connectivity index is 1.58. The zero-order chi connectivity index (χ0) is 18.1. The summed E-state index contributed by atoms with van der Waals surface area (Å²) in [6.45, 7) is 0. The van der Waals surface area contributed by atoms with E-state index in [9.17, 15) is 9.59 Å². The fourth-order valence-electron chi connectivity index (χ4n) is 2.53. The molecule has 0 spiro atoms. The number of carbonyl (C=O) groups is 2. The molecule has 1 aliphatic heterocycles. The Kier molecular flexibility index (Phi) is 4.44. The van der Waals surface area contributed by atoms with Crippen LogP contribution in [0, 0.1) is 0 Å². The maximum atomic E-state index is 12.5. The summed E-state index contributed by atoms with van der Waals surface area (Å²) >= 11 is 4.71. The van der Waals surface area contributed by atoms with Gasteiger partial charge >= 0.3 is 5.97 Å². The Labute approximate surface area is 161 Å². The molecule has 0 fully saturated rings. The quantitative estimate of drug-likeness (QED) is 0.322. The standard InChI is InChI=1S/C20H11BrO4S/c21-13-4-1-3-12(9-13)10-17-19(22)15-7-6-14(11-16(15)25-17)24-20(23)18-5-2-8-26-18/h1-11H/b17-10-. The van der Waals surface area contributed by atoms with Crippen LogP contribution in [0.2, 0.25) is 0 Å². The number of halogens is 1. The Morgan fingerprint density at radius 1 is 1.12 bits per heavy atom. The van der Waals surface area contributed by atoms with Crippen molar-refractivity contribution in [2.45, 2.75) is 0 Å². The van der Waals surface area contributed by atoms with Gasteiger partial charge in [0.25, 0.3) is 0 Å². The van der Waals surface area contributed by atoms with Crippen LogP contribution in [-0.2, 0) is 0 Å². The number of hydrogen-bond acceptors (Lipinski definition) is 5. The van der Waals surface area contributed by atoms with Gasteiger partial charge in [0.1, 0.15) is 16.4 Å². The van der Waals surface area contributed by atoms with Crippen molar-refractivity contribution in [1.29, 1.82) is 0 Å². The molecular weight excluding hydrogens is 416 g/mol. The first kappa shape index (κ1) is 16.8. The monoisotopic (exact) mass is 426 g/mol. The minimum Gasteiger partial charge on any atom is -0.452 e. The number of carbonyl (C=O) groups excluding carboxylic acids is 2. The summed E-state index contributed by atoms with van der Waals surface area (Å²) in [5, 5.41) is 1.81. The summed E-state index contributed by atoms with van der Waals surface area (Å²) in [4.78, 5) is 25.0. The molecule has 4 rings (SSSR count). The predicted octanol–water partition coefficient (Wildman–Crippen LogP) is 5.35. The van der Waals surface area contributed by atoms with E-state index in [2.05, 4.69) is 15.9 Å². The lowest BCUT2D eigenvalue weighted by atomic mass is 10.1. The average Bonchev–Trinajstić information content (AvgIpc) is 3.24. The molecule has 3 aromatic rings. The van der Waals surface area contributed by atoms with Crippen molar-refractivity contribution in [1.82, 2.24) is 0 Å². The lowest BCUT2D eigenvalue weighted by molar-refractivity contribution is 0.0739. The number of ketones is 1. The number of benzene rings is 2. The molecule has 1 aliphatic rings. The average molecular weight is 427 g/mol. The maximum Gasteiger partial charge on any atom is 0.353 e.